The Morgan fingerprint density at radius 3 is 2.86 bits per heavy atom. The number of ether oxygens (including phenoxy) is 1. The number of nitrogens with zero attached hydrogens (tertiary/aromatic N) is 1. The Hall–Kier alpha value is -1.27. The van der Waals surface area contributed by atoms with Crippen molar-refractivity contribution in [3.63, 3.8) is 0 Å². The molecule has 1 aliphatic carbocycles. The molecule has 1 saturated carbocycles. The highest BCUT2D eigenvalue weighted by Crippen LogP contribution is 2.46. The van der Waals surface area contributed by atoms with Crippen molar-refractivity contribution >= 4 is 17.7 Å². The standard InChI is InChI=1S/C15H19FN2O2S/c1-20-12-4-3-10(9-11(12)16)13-17-15(5-6-15)14(19)18(13)7-8-21-2/h3-4,9,13,17H,5-8H2,1-2H3. The zero-order valence-corrected chi connectivity index (χ0v) is 13.0. The van der Waals surface area contributed by atoms with Gasteiger partial charge >= 0.3 is 0 Å². The van der Waals surface area contributed by atoms with Gasteiger partial charge in [0.15, 0.2) is 11.6 Å². The second-order valence-electron chi connectivity index (χ2n) is 5.51. The van der Waals surface area contributed by atoms with E-state index in [9.17, 15) is 9.18 Å². The van der Waals surface area contributed by atoms with Crippen molar-refractivity contribution in [2.75, 3.05) is 25.7 Å². The molecule has 0 radical (unpaired) electrons. The lowest BCUT2D eigenvalue weighted by atomic mass is 10.1. The summed E-state index contributed by atoms with van der Waals surface area (Å²) < 4.78 is 18.9. The van der Waals surface area contributed by atoms with E-state index in [0.29, 0.717) is 6.54 Å². The van der Waals surface area contributed by atoms with E-state index >= 15 is 0 Å². The summed E-state index contributed by atoms with van der Waals surface area (Å²) >= 11 is 1.70. The molecule has 4 nitrogen and oxygen atoms in total. The van der Waals surface area contributed by atoms with Gasteiger partial charge in [-0.3, -0.25) is 10.1 Å². The third kappa shape index (κ3) is 2.51. The first-order valence-electron chi connectivity index (χ1n) is 7.02. The van der Waals surface area contributed by atoms with Gasteiger partial charge in [0, 0.05) is 12.3 Å². The molecule has 1 aliphatic heterocycles. The fraction of sp³-hybridized carbons (Fsp3) is 0.533. The van der Waals surface area contributed by atoms with Crippen LogP contribution in [0.25, 0.3) is 0 Å². The Morgan fingerprint density at radius 1 is 1.52 bits per heavy atom. The van der Waals surface area contributed by atoms with Crippen molar-refractivity contribution in [2.24, 2.45) is 0 Å². The number of benzene rings is 1. The first-order chi connectivity index (χ1) is 10.1. The van der Waals surface area contributed by atoms with E-state index < -0.39 is 5.82 Å². The van der Waals surface area contributed by atoms with Gasteiger partial charge in [0.25, 0.3) is 0 Å². The molecular weight excluding hydrogens is 291 g/mol. The Labute approximate surface area is 128 Å². The van der Waals surface area contributed by atoms with Gasteiger partial charge in [-0.05, 0) is 36.8 Å². The van der Waals surface area contributed by atoms with Gasteiger partial charge in [-0.15, -0.1) is 0 Å². The van der Waals surface area contributed by atoms with E-state index in [2.05, 4.69) is 5.32 Å². The maximum Gasteiger partial charge on any atom is 0.244 e. The molecule has 2 fully saturated rings. The van der Waals surface area contributed by atoms with E-state index in [4.69, 9.17) is 4.74 Å². The van der Waals surface area contributed by atoms with Gasteiger partial charge in [-0.2, -0.15) is 11.8 Å². The number of amides is 1. The van der Waals surface area contributed by atoms with Gasteiger partial charge in [0.1, 0.15) is 11.7 Å². The lowest BCUT2D eigenvalue weighted by Crippen LogP contribution is -2.33. The lowest BCUT2D eigenvalue weighted by molar-refractivity contribution is -0.130. The summed E-state index contributed by atoms with van der Waals surface area (Å²) in [6.45, 7) is 0.674. The Bertz CT molecular complexity index is 563. The van der Waals surface area contributed by atoms with Crippen LogP contribution in [0.2, 0.25) is 0 Å². The Morgan fingerprint density at radius 2 is 2.29 bits per heavy atom. The molecule has 1 atom stereocenters. The molecule has 1 aromatic carbocycles. The molecule has 1 saturated heterocycles. The lowest BCUT2D eigenvalue weighted by Gasteiger charge is -2.24. The van der Waals surface area contributed by atoms with Crippen molar-refractivity contribution in [3.8, 4) is 5.75 Å². The van der Waals surface area contributed by atoms with Crippen molar-refractivity contribution in [2.45, 2.75) is 24.5 Å². The number of hydrogen-bond acceptors (Lipinski definition) is 4. The summed E-state index contributed by atoms with van der Waals surface area (Å²) in [5, 5.41) is 3.39. The van der Waals surface area contributed by atoms with Gasteiger partial charge in [0.2, 0.25) is 5.91 Å². The number of nitrogens with one attached hydrogen (secondary N) is 1. The molecule has 3 rings (SSSR count). The summed E-state index contributed by atoms with van der Waals surface area (Å²) in [7, 11) is 1.44. The van der Waals surface area contributed by atoms with Gasteiger partial charge in [0.05, 0.1) is 7.11 Å². The van der Waals surface area contributed by atoms with E-state index in [0.717, 1.165) is 24.2 Å². The predicted molar refractivity (Wildman–Crippen MR) is 80.9 cm³/mol. The van der Waals surface area contributed by atoms with Gasteiger partial charge in [-0.25, -0.2) is 4.39 Å². The van der Waals surface area contributed by atoms with Crippen molar-refractivity contribution in [3.05, 3.63) is 29.6 Å². The summed E-state index contributed by atoms with van der Waals surface area (Å²) in [4.78, 5) is 14.4. The largest absolute Gasteiger partial charge is 0.494 e. The molecule has 1 unspecified atom stereocenters. The number of halogens is 1. The highest BCUT2D eigenvalue weighted by molar-refractivity contribution is 7.98. The SMILES string of the molecule is COc1ccc(C2NC3(CC3)C(=O)N2CCSC)cc1F. The van der Waals surface area contributed by atoms with E-state index in [-0.39, 0.29) is 23.4 Å². The molecule has 1 N–H and O–H groups in total. The van der Waals surface area contributed by atoms with Crippen LogP contribution in [-0.4, -0.2) is 42.0 Å². The van der Waals surface area contributed by atoms with E-state index in [1.165, 1.54) is 13.2 Å². The maximum absolute atomic E-state index is 13.9. The maximum atomic E-state index is 13.9. The van der Waals surface area contributed by atoms with E-state index in [1.54, 1.807) is 17.8 Å². The molecular formula is C15H19FN2O2S. The van der Waals surface area contributed by atoms with Crippen LogP contribution in [0.5, 0.6) is 5.75 Å². The van der Waals surface area contributed by atoms with Crippen LogP contribution in [0.4, 0.5) is 4.39 Å². The molecule has 1 amide bonds. The van der Waals surface area contributed by atoms with Gasteiger partial charge in [-0.1, -0.05) is 6.07 Å². The number of carbonyl (C=O) groups excluding carboxylic acids is 1. The normalized spacial score (nSPS) is 22.9. The molecule has 6 heteroatoms. The monoisotopic (exact) mass is 310 g/mol. The highest BCUT2D eigenvalue weighted by Gasteiger charge is 2.59. The average Bonchev–Trinajstić information content (AvgIpc) is 3.21. The quantitative estimate of drug-likeness (QED) is 0.905. The first-order valence-corrected chi connectivity index (χ1v) is 8.42. The summed E-state index contributed by atoms with van der Waals surface area (Å²) in [5.74, 6) is 0.849. The second-order valence-corrected chi connectivity index (χ2v) is 6.50. The fourth-order valence-electron chi connectivity index (χ4n) is 2.81. The molecule has 1 aromatic rings. The summed E-state index contributed by atoms with van der Waals surface area (Å²) in [5.41, 5.74) is 0.381. The molecule has 114 valence electrons. The number of carbonyl (C=O) groups is 1. The number of rotatable bonds is 5. The van der Waals surface area contributed by atoms with Crippen LogP contribution >= 0.6 is 11.8 Å². The zero-order valence-electron chi connectivity index (χ0n) is 12.2. The second kappa shape index (κ2) is 5.50. The minimum atomic E-state index is -0.397. The number of thioether (sulfide) groups is 1. The molecule has 1 heterocycles. The molecule has 1 spiro atoms. The Kier molecular flexibility index (Phi) is 3.84. The average molecular weight is 310 g/mol. The van der Waals surface area contributed by atoms with Crippen molar-refractivity contribution in [1.82, 2.24) is 10.2 Å². The van der Waals surface area contributed by atoms with Crippen LogP contribution < -0.4 is 10.1 Å². The number of hydrogen-bond donors (Lipinski definition) is 1. The smallest absolute Gasteiger partial charge is 0.244 e. The van der Waals surface area contributed by atoms with Crippen LogP contribution in [0.1, 0.15) is 24.6 Å². The van der Waals surface area contributed by atoms with Crippen LogP contribution in [0, 0.1) is 5.82 Å². The molecule has 2 aliphatic rings. The van der Waals surface area contributed by atoms with Crippen LogP contribution in [0.3, 0.4) is 0 Å². The third-order valence-electron chi connectivity index (χ3n) is 4.17. The molecule has 21 heavy (non-hydrogen) atoms. The topological polar surface area (TPSA) is 41.6 Å². The highest BCUT2D eigenvalue weighted by atomic mass is 32.2. The van der Waals surface area contributed by atoms with Gasteiger partial charge < -0.3 is 9.64 Å². The zero-order chi connectivity index (χ0) is 15.0. The third-order valence-corrected chi connectivity index (χ3v) is 4.76. The molecule has 0 bridgehead atoms. The van der Waals surface area contributed by atoms with Crippen LogP contribution in [-0.2, 0) is 4.79 Å². The summed E-state index contributed by atoms with van der Waals surface area (Å²) in [6.07, 6.45) is 3.52. The number of methoxy groups -OCH3 is 1. The fourth-order valence-corrected chi connectivity index (χ4v) is 3.19. The van der Waals surface area contributed by atoms with Crippen LogP contribution in [0.15, 0.2) is 18.2 Å². The Balaban J connectivity index is 1.88. The minimum Gasteiger partial charge on any atom is -0.494 e. The minimum absolute atomic E-state index is 0.151. The predicted octanol–water partition coefficient (Wildman–Crippen LogP) is 2.16. The van der Waals surface area contributed by atoms with Crippen molar-refractivity contribution in [1.29, 1.82) is 0 Å². The summed E-state index contributed by atoms with van der Waals surface area (Å²) in [6, 6.07) is 4.89. The van der Waals surface area contributed by atoms with Crippen molar-refractivity contribution < 1.29 is 13.9 Å². The molecule has 0 aromatic heterocycles. The first kappa shape index (κ1) is 14.7. The van der Waals surface area contributed by atoms with E-state index in [1.807, 2.05) is 17.2 Å².